The zero-order valence-electron chi connectivity index (χ0n) is 14.0. The number of aromatic nitrogens is 2. The summed E-state index contributed by atoms with van der Waals surface area (Å²) in [6.45, 7) is 7.13. The van der Waals surface area contributed by atoms with Gasteiger partial charge in [-0.2, -0.15) is 0 Å². The maximum atomic E-state index is 12.1. The van der Waals surface area contributed by atoms with E-state index in [1.54, 1.807) is 12.4 Å². The largest absolute Gasteiger partial charge is 0.379 e. The van der Waals surface area contributed by atoms with Gasteiger partial charge in [-0.15, -0.1) is 0 Å². The first-order chi connectivity index (χ1) is 11.1. The van der Waals surface area contributed by atoms with Crippen molar-refractivity contribution >= 4 is 11.9 Å². The Labute approximate surface area is 137 Å². The molecule has 0 aliphatic carbocycles. The molecule has 2 aliphatic rings. The average Bonchev–Trinajstić information content (AvgIpc) is 2.58. The third kappa shape index (κ3) is 3.47. The van der Waals surface area contributed by atoms with Gasteiger partial charge in [-0.25, -0.2) is 9.97 Å². The highest BCUT2D eigenvalue weighted by atomic mass is 16.5. The van der Waals surface area contributed by atoms with Crippen LogP contribution in [-0.2, 0) is 9.53 Å². The van der Waals surface area contributed by atoms with Crippen LogP contribution in [0.25, 0.3) is 0 Å². The lowest BCUT2D eigenvalue weighted by molar-refractivity contribution is -0.128. The van der Waals surface area contributed by atoms with E-state index in [0.717, 1.165) is 44.9 Å². The summed E-state index contributed by atoms with van der Waals surface area (Å²) in [6.07, 6.45) is 6.66. The second kappa shape index (κ2) is 6.83. The summed E-state index contributed by atoms with van der Waals surface area (Å²) >= 11 is 0. The smallest absolute Gasteiger partial charge is 0.225 e. The Hall–Kier alpha value is -1.69. The summed E-state index contributed by atoms with van der Waals surface area (Å²) in [5.41, 5.74) is 0.147. The van der Waals surface area contributed by atoms with Crippen LogP contribution >= 0.6 is 0 Å². The molecule has 0 radical (unpaired) electrons. The number of piperidine rings is 1. The number of hydrogen-bond donors (Lipinski definition) is 1. The van der Waals surface area contributed by atoms with E-state index in [2.05, 4.69) is 20.2 Å². The molecule has 1 aromatic rings. The number of carbonyl (C=O) groups is 1. The van der Waals surface area contributed by atoms with Gasteiger partial charge in [0.25, 0.3) is 0 Å². The molecular formula is C17H26N4O2. The predicted molar refractivity (Wildman–Crippen MR) is 88.1 cm³/mol. The van der Waals surface area contributed by atoms with E-state index in [0.29, 0.717) is 6.61 Å². The number of amides is 1. The van der Waals surface area contributed by atoms with Crippen LogP contribution in [0.15, 0.2) is 18.5 Å². The summed E-state index contributed by atoms with van der Waals surface area (Å²) in [5, 5.41) is 3.22. The van der Waals surface area contributed by atoms with Crippen LogP contribution in [0.1, 0.15) is 33.1 Å². The first-order valence-electron chi connectivity index (χ1n) is 8.51. The van der Waals surface area contributed by atoms with Crippen molar-refractivity contribution in [2.75, 3.05) is 31.2 Å². The molecule has 3 rings (SSSR count). The van der Waals surface area contributed by atoms with E-state index >= 15 is 0 Å². The SMILES string of the molecule is CC(C)C(=O)NC1COCCC12CCN(c1ncccn1)CC2. The molecule has 1 atom stereocenters. The molecule has 2 saturated heterocycles. The molecule has 0 saturated carbocycles. The van der Waals surface area contributed by atoms with Crippen molar-refractivity contribution in [2.24, 2.45) is 11.3 Å². The maximum Gasteiger partial charge on any atom is 0.225 e. The Kier molecular flexibility index (Phi) is 4.80. The van der Waals surface area contributed by atoms with Gasteiger partial charge >= 0.3 is 0 Å². The molecule has 1 aromatic heterocycles. The molecule has 0 bridgehead atoms. The lowest BCUT2D eigenvalue weighted by atomic mass is 9.69. The topological polar surface area (TPSA) is 67.3 Å². The van der Waals surface area contributed by atoms with Crippen LogP contribution in [0.2, 0.25) is 0 Å². The van der Waals surface area contributed by atoms with Gasteiger partial charge in [0, 0.05) is 38.0 Å². The van der Waals surface area contributed by atoms with Crippen LogP contribution < -0.4 is 10.2 Å². The Morgan fingerprint density at radius 1 is 1.30 bits per heavy atom. The van der Waals surface area contributed by atoms with Crippen LogP contribution in [0.3, 0.4) is 0 Å². The highest BCUT2D eigenvalue weighted by Gasteiger charge is 2.44. The quantitative estimate of drug-likeness (QED) is 0.917. The number of nitrogens with one attached hydrogen (secondary N) is 1. The van der Waals surface area contributed by atoms with Crippen LogP contribution in [0.5, 0.6) is 0 Å². The first-order valence-corrected chi connectivity index (χ1v) is 8.51. The van der Waals surface area contributed by atoms with Gasteiger partial charge in [0.1, 0.15) is 0 Å². The van der Waals surface area contributed by atoms with E-state index in [4.69, 9.17) is 4.74 Å². The lowest BCUT2D eigenvalue weighted by Gasteiger charge is -2.49. The third-order valence-electron chi connectivity index (χ3n) is 5.20. The van der Waals surface area contributed by atoms with Crippen molar-refractivity contribution in [1.82, 2.24) is 15.3 Å². The number of carbonyl (C=O) groups excluding carboxylic acids is 1. The van der Waals surface area contributed by atoms with Gasteiger partial charge in [-0.1, -0.05) is 13.8 Å². The fourth-order valence-corrected chi connectivity index (χ4v) is 3.57. The summed E-state index contributed by atoms with van der Waals surface area (Å²) in [4.78, 5) is 23.1. The van der Waals surface area contributed by atoms with Crippen LogP contribution in [-0.4, -0.2) is 48.2 Å². The Morgan fingerprint density at radius 3 is 2.65 bits per heavy atom. The normalized spacial score (nSPS) is 24.0. The Balaban J connectivity index is 1.67. The molecule has 2 fully saturated rings. The second-order valence-electron chi connectivity index (χ2n) is 6.94. The van der Waals surface area contributed by atoms with Gasteiger partial charge in [0.05, 0.1) is 12.6 Å². The fraction of sp³-hybridized carbons (Fsp3) is 0.706. The standard InChI is InChI=1S/C17H26N4O2/c1-13(2)15(22)20-14-12-23-11-6-17(14)4-9-21(10-5-17)16-18-7-3-8-19-16/h3,7-8,13-14H,4-6,9-12H2,1-2H3,(H,20,22). The minimum Gasteiger partial charge on any atom is -0.379 e. The number of nitrogens with zero attached hydrogens (tertiary/aromatic N) is 3. The molecule has 0 aromatic carbocycles. The number of hydrogen-bond acceptors (Lipinski definition) is 5. The van der Waals surface area contributed by atoms with Gasteiger partial charge in [-0.3, -0.25) is 4.79 Å². The third-order valence-corrected chi connectivity index (χ3v) is 5.20. The minimum absolute atomic E-state index is 0.00628. The number of ether oxygens (including phenoxy) is 1. The van der Waals surface area contributed by atoms with Crippen molar-refractivity contribution in [3.63, 3.8) is 0 Å². The van der Waals surface area contributed by atoms with Crippen molar-refractivity contribution in [3.8, 4) is 0 Å². The van der Waals surface area contributed by atoms with Gasteiger partial charge in [-0.05, 0) is 30.7 Å². The monoisotopic (exact) mass is 318 g/mol. The fourth-order valence-electron chi connectivity index (χ4n) is 3.57. The molecule has 3 heterocycles. The zero-order valence-corrected chi connectivity index (χ0v) is 14.0. The summed E-state index contributed by atoms with van der Waals surface area (Å²) in [6, 6.07) is 1.95. The lowest BCUT2D eigenvalue weighted by Crippen LogP contribution is -2.58. The Morgan fingerprint density at radius 2 is 2.00 bits per heavy atom. The van der Waals surface area contributed by atoms with E-state index < -0.39 is 0 Å². The van der Waals surface area contributed by atoms with Crippen LogP contribution in [0.4, 0.5) is 5.95 Å². The molecule has 6 nitrogen and oxygen atoms in total. The van der Waals surface area contributed by atoms with Crippen LogP contribution in [0, 0.1) is 11.3 Å². The number of anilines is 1. The molecular weight excluding hydrogens is 292 g/mol. The highest BCUT2D eigenvalue weighted by molar-refractivity contribution is 5.78. The van der Waals surface area contributed by atoms with Crippen molar-refractivity contribution < 1.29 is 9.53 Å². The van der Waals surface area contributed by atoms with Gasteiger partial charge in [0.15, 0.2) is 0 Å². The molecule has 2 aliphatic heterocycles. The van der Waals surface area contributed by atoms with Gasteiger partial charge < -0.3 is 15.0 Å². The summed E-state index contributed by atoms with van der Waals surface area (Å²) < 4.78 is 5.65. The molecule has 1 N–H and O–H groups in total. The molecule has 1 spiro atoms. The predicted octanol–water partition coefficient (Wildman–Crippen LogP) is 1.62. The maximum absolute atomic E-state index is 12.1. The average molecular weight is 318 g/mol. The molecule has 6 heteroatoms. The molecule has 1 unspecified atom stereocenters. The highest BCUT2D eigenvalue weighted by Crippen LogP contribution is 2.41. The minimum atomic E-state index is 0.00628. The van der Waals surface area contributed by atoms with E-state index in [1.807, 2.05) is 19.9 Å². The number of rotatable bonds is 3. The van der Waals surface area contributed by atoms with Crippen molar-refractivity contribution in [2.45, 2.75) is 39.2 Å². The summed E-state index contributed by atoms with van der Waals surface area (Å²) in [5.74, 6) is 0.928. The zero-order chi connectivity index (χ0) is 16.3. The molecule has 1 amide bonds. The van der Waals surface area contributed by atoms with E-state index in [1.165, 1.54) is 0 Å². The summed E-state index contributed by atoms with van der Waals surface area (Å²) in [7, 11) is 0. The second-order valence-corrected chi connectivity index (χ2v) is 6.94. The van der Waals surface area contributed by atoms with Gasteiger partial charge in [0.2, 0.25) is 11.9 Å². The van der Waals surface area contributed by atoms with E-state index in [-0.39, 0.29) is 23.3 Å². The van der Waals surface area contributed by atoms with E-state index in [9.17, 15) is 4.79 Å². The first kappa shape index (κ1) is 16.2. The Bertz CT molecular complexity index is 527. The molecule has 126 valence electrons. The van der Waals surface area contributed by atoms with Crippen molar-refractivity contribution in [1.29, 1.82) is 0 Å². The van der Waals surface area contributed by atoms with Crippen molar-refractivity contribution in [3.05, 3.63) is 18.5 Å². The molecule has 23 heavy (non-hydrogen) atoms.